The molecule has 4 bridgehead atoms. The van der Waals surface area contributed by atoms with E-state index in [-0.39, 0.29) is 18.3 Å². The van der Waals surface area contributed by atoms with Crippen molar-refractivity contribution < 1.29 is 50.3 Å². The van der Waals surface area contributed by atoms with Gasteiger partial charge in [0.05, 0.1) is 17.1 Å². The molecule has 168 valence electrons. The van der Waals surface area contributed by atoms with Gasteiger partial charge in [-0.05, 0) is 56.8 Å². The van der Waals surface area contributed by atoms with E-state index in [0.717, 1.165) is 6.42 Å². The molecular formula is C17H24F4O7S. The number of aliphatic hydroxyl groups is 2. The summed E-state index contributed by atoms with van der Waals surface area (Å²) in [4.78, 5) is 12.6. The summed E-state index contributed by atoms with van der Waals surface area (Å²) in [5, 5.41) is 14.7. The Morgan fingerprint density at radius 1 is 1.14 bits per heavy atom. The average Bonchev–Trinajstić information content (AvgIpc) is 2.54. The fraction of sp³-hybridized carbons (Fsp3) is 0.941. The van der Waals surface area contributed by atoms with Crippen molar-refractivity contribution in [3.8, 4) is 0 Å². The summed E-state index contributed by atoms with van der Waals surface area (Å²) in [7, 11) is -6.34. The SMILES string of the molecule is O=C(OCC(O)CCC(F)(F)C(F)(F)S(=O)(=O)O)C12CC3CC(CC(O)(C3)C1)C2. The zero-order valence-electron chi connectivity index (χ0n) is 15.5. The van der Waals surface area contributed by atoms with Crippen LogP contribution in [0.4, 0.5) is 17.6 Å². The highest BCUT2D eigenvalue weighted by molar-refractivity contribution is 7.87. The number of rotatable bonds is 8. The first-order valence-corrected chi connectivity index (χ1v) is 10.8. The largest absolute Gasteiger partial charge is 0.463 e. The molecule has 0 amide bonds. The van der Waals surface area contributed by atoms with Gasteiger partial charge in [-0.15, -0.1) is 0 Å². The van der Waals surface area contributed by atoms with Crippen LogP contribution in [0.2, 0.25) is 0 Å². The molecule has 0 saturated heterocycles. The van der Waals surface area contributed by atoms with Crippen LogP contribution in [0.1, 0.15) is 51.4 Å². The molecule has 3 N–H and O–H groups in total. The van der Waals surface area contributed by atoms with E-state index in [9.17, 15) is 41.0 Å². The molecule has 0 aliphatic heterocycles. The molecular weight excluding hydrogens is 424 g/mol. The van der Waals surface area contributed by atoms with Crippen molar-refractivity contribution in [2.24, 2.45) is 17.3 Å². The number of halogens is 4. The van der Waals surface area contributed by atoms with Gasteiger partial charge in [0.15, 0.2) is 0 Å². The van der Waals surface area contributed by atoms with Crippen LogP contribution in [-0.4, -0.2) is 58.6 Å². The third kappa shape index (κ3) is 4.13. The Bertz CT molecular complexity index is 756. The molecule has 3 unspecified atom stereocenters. The number of ether oxygens (including phenoxy) is 1. The molecule has 0 aromatic rings. The van der Waals surface area contributed by atoms with E-state index in [1.165, 1.54) is 0 Å². The van der Waals surface area contributed by atoms with E-state index in [0.29, 0.717) is 25.7 Å². The number of alkyl halides is 4. The molecule has 0 spiro atoms. The quantitative estimate of drug-likeness (QED) is 0.295. The standard InChI is InChI=1S/C17H24F4O7S/c18-16(19,17(20,21)29(25,26)27)2-1-12(22)8-28-13(23)14-4-10-3-11(5-14)7-15(24,6-10)9-14/h10-12,22,24H,1-9H2,(H,25,26,27). The fourth-order valence-electron chi connectivity index (χ4n) is 5.54. The lowest BCUT2D eigenvalue weighted by Gasteiger charge is -2.58. The highest BCUT2D eigenvalue weighted by atomic mass is 32.2. The van der Waals surface area contributed by atoms with Crippen LogP contribution in [0.25, 0.3) is 0 Å². The summed E-state index contributed by atoms with van der Waals surface area (Å²) in [5.41, 5.74) is -1.81. The Hall–Kier alpha value is -0.980. The number of hydrogen-bond acceptors (Lipinski definition) is 6. The molecule has 4 aliphatic rings. The van der Waals surface area contributed by atoms with Gasteiger partial charge in [0.1, 0.15) is 6.61 Å². The monoisotopic (exact) mass is 448 g/mol. The van der Waals surface area contributed by atoms with Crippen LogP contribution >= 0.6 is 0 Å². The molecule has 0 heterocycles. The highest BCUT2D eigenvalue weighted by Crippen LogP contribution is 2.62. The number of aliphatic hydroxyl groups excluding tert-OH is 1. The molecule has 7 nitrogen and oxygen atoms in total. The molecule has 3 atom stereocenters. The first-order chi connectivity index (χ1) is 13.1. The van der Waals surface area contributed by atoms with Gasteiger partial charge in [0, 0.05) is 6.42 Å². The lowest BCUT2D eigenvalue weighted by molar-refractivity contribution is -0.198. The van der Waals surface area contributed by atoms with E-state index >= 15 is 0 Å². The van der Waals surface area contributed by atoms with Crippen molar-refractivity contribution >= 4 is 16.1 Å². The van der Waals surface area contributed by atoms with E-state index < -0.39 is 63.8 Å². The molecule has 29 heavy (non-hydrogen) atoms. The second kappa shape index (κ2) is 7.03. The van der Waals surface area contributed by atoms with Crippen LogP contribution in [0, 0.1) is 17.3 Å². The van der Waals surface area contributed by atoms with Gasteiger partial charge >= 0.3 is 27.3 Å². The lowest BCUT2D eigenvalue weighted by atomic mass is 9.48. The van der Waals surface area contributed by atoms with Crippen LogP contribution in [-0.2, 0) is 19.6 Å². The second-order valence-electron chi connectivity index (χ2n) is 8.95. The van der Waals surface area contributed by atoms with Gasteiger partial charge in [0.25, 0.3) is 0 Å². The summed E-state index contributed by atoms with van der Waals surface area (Å²) in [6, 6.07) is 0. The first kappa shape index (κ1) is 22.7. The van der Waals surface area contributed by atoms with E-state index in [4.69, 9.17) is 9.29 Å². The van der Waals surface area contributed by atoms with Crippen LogP contribution < -0.4 is 0 Å². The van der Waals surface area contributed by atoms with Gasteiger partial charge < -0.3 is 14.9 Å². The summed E-state index contributed by atoms with van der Waals surface area (Å²) >= 11 is 0. The maximum absolute atomic E-state index is 13.5. The molecule has 4 fully saturated rings. The van der Waals surface area contributed by atoms with Crippen molar-refractivity contribution in [2.45, 2.75) is 74.2 Å². The summed E-state index contributed by atoms with van der Waals surface area (Å²) in [6.07, 6.45) is -0.951. The Morgan fingerprint density at radius 3 is 2.17 bits per heavy atom. The Morgan fingerprint density at radius 2 is 1.69 bits per heavy atom. The van der Waals surface area contributed by atoms with Crippen LogP contribution in [0.15, 0.2) is 0 Å². The molecule has 4 aliphatic carbocycles. The average molecular weight is 448 g/mol. The summed E-state index contributed by atoms with van der Waals surface area (Å²) in [6.45, 7) is -0.720. The van der Waals surface area contributed by atoms with Gasteiger partial charge in [-0.1, -0.05) is 0 Å². The summed E-state index contributed by atoms with van der Waals surface area (Å²) < 4.78 is 87.5. The molecule has 12 heteroatoms. The van der Waals surface area contributed by atoms with E-state index in [2.05, 4.69) is 0 Å². The maximum Gasteiger partial charge on any atom is 0.431 e. The lowest BCUT2D eigenvalue weighted by Crippen LogP contribution is -2.58. The third-order valence-electron chi connectivity index (χ3n) is 6.41. The number of carbonyl (C=O) groups excluding carboxylic acids is 1. The van der Waals surface area contributed by atoms with Crippen molar-refractivity contribution in [1.29, 1.82) is 0 Å². The topological polar surface area (TPSA) is 121 Å². The molecule has 0 aromatic heterocycles. The minimum atomic E-state index is -6.34. The summed E-state index contributed by atoms with van der Waals surface area (Å²) in [5.74, 6) is -5.38. The van der Waals surface area contributed by atoms with Crippen molar-refractivity contribution in [2.75, 3.05) is 6.61 Å². The normalized spacial score (nSPS) is 35.6. The Labute approximate surface area is 165 Å². The Kier molecular flexibility index (Phi) is 5.50. The van der Waals surface area contributed by atoms with Gasteiger partial charge in [-0.2, -0.15) is 26.0 Å². The predicted octanol–water partition coefficient (Wildman–Crippen LogP) is 2.12. The molecule has 4 rings (SSSR count). The van der Waals surface area contributed by atoms with Crippen molar-refractivity contribution in [3.05, 3.63) is 0 Å². The number of carbonyl (C=O) groups is 1. The van der Waals surface area contributed by atoms with Gasteiger partial charge in [0.2, 0.25) is 0 Å². The number of hydrogen-bond donors (Lipinski definition) is 3. The Balaban J connectivity index is 1.54. The maximum atomic E-state index is 13.5. The van der Waals surface area contributed by atoms with Crippen molar-refractivity contribution in [1.82, 2.24) is 0 Å². The minimum Gasteiger partial charge on any atom is -0.463 e. The number of esters is 1. The first-order valence-electron chi connectivity index (χ1n) is 9.40. The van der Waals surface area contributed by atoms with E-state index in [1.54, 1.807) is 0 Å². The van der Waals surface area contributed by atoms with Crippen molar-refractivity contribution in [3.63, 3.8) is 0 Å². The zero-order valence-corrected chi connectivity index (χ0v) is 16.3. The smallest absolute Gasteiger partial charge is 0.431 e. The predicted molar refractivity (Wildman–Crippen MR) is 89.7 cm³/mol. The second-order valence-corrected chi connectivity index (χ2v) is 10.4. The van der Waals surface area contributed by atoms with Crippen LogP contribution in [0.3, 0.4) is 0 Å². The molecule has 4 saturated carbocycles. The fourth-order valence-corrected chi connectivity index (χ4v) is 6.02. The third-order valence-corrected chi connectivity index (χ3v) is 7.36. The van der Waals surface area contributed by atoms with Crippen LogP contribution in [0.5, 0.6) is 0 Å². The van der Waals surface area contributed by atoms with Gasteiger partial charge in [-0.3, -0.25) is 9.35 Å². The molecule has 0 aromatic carbocycles. The van der Waals surface area contributed by atoms with Gasteiger partial charge in [-0.25, -0.2) is 0 Å². The highest BCUT2D eigenvalue weighted by Gasteiger charge is 2.65. The zero-order chi connectivity index (χ0) is 21.9. The molecule has 0 radical (unpaired) electrons. The minimum absolute atomic E-state index is 0.195. The van der Waals surface area contributed by atoms with E-state index in [1.807, 2.05) is 0 Å².